The maximum Gasteiger partial charge on any atom is 0.255 e. The molecule has 1 aliphatic heterocycles. The first-order valence-electron chi connectivity index (χ1n) is 5.08. The summed E-state index contributed by atoms with van der Waals surface area (Å²) in [5.41, 5.74) is 2.69. The first-order valence-corrected chi connectivity index (χ1v) is 5.08. The van der Waals surface area contributed by atoms with Crippen LogP contribution in [0.1, 0.15) is 21.6 Å². The SMILES string of the molecule is Cc1cc2c(cn1)C(=O)N(CCO)CC2. The number of nitrogens with zero attached hydrogens (tertiary/aromatic N) is 2. The molecule has 15 heavy (non-hydrogen) atoms. The largest absolute Gasteiger partial charge is 0.395 e. The van der Waals surface area contributed by atoms with E-state index in [0.29, 0.717) is 18.7 Å². The van der Waals surface area contributed by atoms with Crippen molar-refractivity contribution in [3.8, 4) is 0 Å². The molecule has 2 heterocycles. The Balaban J connectivity index is 2.30. The highest BCUT2D eigenvalue weighted by atomic mass is 16.3. The van der Waals surface area contributed by atoms with Crippen molar-refractivity contribution >= 4 is 5.91 Å². The van der Waals surface area contributed by atoms with E-state index in [1.807, 2.05) is 13.0 Å². The van der Waals surface area contributed by atoms with Crippen LogP contribution >= 0.6 is 0 Å². The number of aliphatic hydroxyl groups is 1. The van der Waals surface area contributed by atoms with Gasteiger partial charge in [0.1, 0.15) is 0 Å². The molecular weight excluding hydrogens is 192 g/mol. The minimum atomic E-state index is -0.0159. The first-order chi connectivity index (χ1) is 7.22. The van der Waals surface area contributed by atoms with Crippen molar-refractivity contribution in [3.63, 3.8) is 0 Å². The Kier molecular flexibility index (Phi) is 2.68. The van der Waals surface area contributed by atoms with E-state index in [2.05, 4.69) is 4.98 Å². The zero-order valence-corrected chi connectivity index (χ0v) is 8.73. The number of β-amino-alcohol motifs (C(OH)–C–C–N with tert-alkyl or cyclic N) is 1. The third kappa shape index (κ3) is 1.85. The van der Waals surface area contributed by atoms with Crippen LogP contribution in [-0.4, -0.2) is 40.6 Å². The van der Waals surface area contributed by atoms with E-state index in [1.165, 1.54) is 0 Å². The maximum atomic E-state index is 11.9. The van der Waals surface area contributed by atoms with Crippen molar-refractivity contribution in [1.82, 2.24) is 9.88 Å². The van der Waals surface area contributed by atoms with E-state index in [4.69, 9.17) is 5.11 Å². The molecule has 1 aromatic heterocycles. The van der Waals surface area contributed by atoms with Gasteiger partial charge in [-0.15, -0.1) is 0 Å². The molecule has 0 atom stereocenters. The van der Waals surface area contributed by atoms with Crippen molar-refractivity contribution in [2.75, 3.05) is 19.7 Å². The van der Waals surface area contributed by atoms with Gasteiger partial charge in [-0.2, -0.15) is 0 Å². The molecule has 0 spiro atoms. The summed E-state index contributed by atoms with van der Waals surface area (Å²) < 4.78 is 0. The summed E-state index contributed by atoms with van der Waals surface area (Å²) in [4.78, 5) is 17.7. The summed E-state index contributed by atoms with van der Waals surface area (Å²) in [5, 5.41) is 8.82. The fourth-order valence-electron chi connectivity index (χ4n) is 1.88. The van der Waals surface area contributed by atoms with Gasteiger partial charge in [0.2, 0.25) is 0 Å². The van der Waals surface area contributed by atoms with Gasteiger partial charge in [-0.1, -0.05) is 0 Å². The van der Waals surface area contributed by atoms with Gasteiger partial charge in [0.05, 0.1) is 12.2 Å². The first kappa shape index (κ1) is 10.1. The van der Waals surface area contributed by atoms with Gasteiger partial charge in [0.25, 0.3) is 5.91 Å². The van der Waals surface area contributed by atoms with Crippen molar-refractivity contribution in [1.29, 1.82) is 0 Å². The molecule has 0 fully saturated rings. The molecular formula is C11H14N2O2. The second-order valence-corrected chi connectivity index (χ2v) is 3.75. The maximum absolute atomic E-state index is 11.9. The Morgan fingerprint density at radius 3 is 3.13 bits per heavy atom. The Bertz CT molecular complexity index is 390. The second-order valence-electron chi connectivity index (χ2n) is 3.75. The normalized spacial score (nSPS) is 15.3. The molecule has 80 valence electrons. The molecule has 1 aromatic rings. The molecule has 1 N–H and O–H groups in total. The number of aromatic nitrogens is 1. The fraction of sp³-hybridized carbons (Fsp3) is 0.455. The van der Waals surface area contributed by atoms with E-state index in [0.717, 1.165) is 17.7 Å². The van der Waals surface area contributed by atoms with E-state index in [9.17, 15) is 4.79 Å². The van der Waals surface area contributed by atoms with Crippen molar-refractivity contribution in [3.05, 3.63) is 29.1 Å². The number of pyridine rings is 1. The summed E-state index contributed by atoms with van der Waals surface area (Å²) in [6.45, 7) is 3.03. The minimum absolute atomic E-state index is 0.0142. The smallest absolute Gasteiger partial charge is 0.255 e. The topological polar surface area (TPSA) is 53.4 Å². The molecule has 0 saturated carbocycles. The molecule has 1 aliphatic rings. The van der Waals surface area contributed by atoms with Gasteiger partial charge in [-0.25, -0.2) is 0 Å². The minimum Gasteiger partial charge on any atom is -0.395 e. The number of rotatable bonds is 2. The Hall–Kier alpha value is -1.42. The zero-order valence-electron chi connectivity index (χ0n) is 8.73. The van der Waals surface area contributed by atoms with Gasteiger partial charge >= 0.3 is 0 Å². The zero-order chi connectivity index (χ0) is 10.8. The van der Waals surface area contributed by atoms with Crippen LogP contribution in [0.4, 0.5) is 0 Å². The van der Waals surface area contributed by atoms with Crippen LogP contribution < -0.4 is 0 Å². The predicted molar refractivity (Wildman–Crippen MR) is 55.7 cm³/mol. The number of amides is 1. The Morgan fingerprint density at radius 2 is 2.40 bits per heavy atom. The number of aliphatic hydroxyl groups excluding tert-OH is 1. The number of hydrogen-bond acceptors (Lipinski definition) is 3. The van der Waals surface area contributed by atoms with Crippen LogP contribution in [0.25, 0.3) is 0 Å². The van der Waals surface area contributed by atoms with Gasteiger partial charge < -0.3 is 10.0 Å². The van der Waals surface area contributed by atoms with E-state index < -0.39 is 0 Å². The monoisotopic (exact) mass is 206 g/mol. The quantitative estimate of drug-likeness (QED) is 0.761. The van der Waals surface area contributed by atoms with Gasteiger partial charge in [-0.05, 0) is 25.0 Å². The van der Waals surface area contributed by atoms with Gasteiger partial charge in [0.15, 0.2) is 0 Å². The highest BCUT2D eigenvalue weighted by Gasteiger charge is 2.23. The number of hydrogen-bond donors (Lipinski definition) is 1. The van der Waals surface area contributed by atoms with Crippen molar-refractivity contribution in [2.24, 2.45) is 0 Å². The lowest BCUT2D eigenvalue weighted by Gasteiger charge is -2.27. The molecule has 2 rings (SSSR count). The molecule has 0 saturated heterocycles. The molecule has 1 amide bonds. The summed E-state index contributed by atoms with van der Waals surface area (Å²) in [6.07, 6.45) is 2.49. The summed E-state index contributed by atoms with van der Waals surface area (Å²) in [5.74, 6) is -0.0159. The number of carbonyl (C=O) groups is 1. The predicted octanol–water partition coefficient (Wildman–Crippen LogP) is 0.381. The standard InChI is InChI=1S/C11H14N2O2/c1-8-6-9-2-3-13(4-5-14)11(15)10(9)7-12-8/h6-7,14H,2-5H2,1H3. The third-order valence-electron chi connectivity index (χ3n) is 2.66. The van der Waals surface area contributed by atoms with Crippen molar-refractivity contribution < 1.29 is 9.90 Å². The molecule has 0 bridgehead atoms. The lowest BCUT2D eigenvalue weighted by molar-refractivity contribution is 0.0705. The van der Waals surface area contributed by atoms with Crippen LogP contribution in [0.5, 0.6) is 0 Å². The van der Waals surface area contributed by atoms with Crippen LogP contribution in [0, 0.1) is 6.92 Å². The van der Waals surface area contributed by atoms with E-state index in [1.54, 1.807) is 11.1 Å². The molecule has 4 nitrogen and oxygen atoms in total. The van der Waals surface area contributed by atoms with Crippen LogP contribution in [0.2, 0.25) is 0 Å². The third-order valence-corrected chi connectivity index (χ3v) is 2.66. The summed E-state index contributed by atoms with van der Waals surface area (Å²) in [6, 6.07) is 1.96. The Morgan fingerprint density at radius 1 is 1.60 bits per heavy atom. The summed E-state index contributed by atoms with van der Waals surface area (Å²) in [7, 11) is 0. The van der Waals surface area contributed by atoms with Crippen LogP contribution in [-0.2, 0) is 6.42 Å². The highest BCUT2D eigenvalue weighted by molar-refractivity contribution is 5.96. The second kappa shape index (κ2) is 3.98. The number of carbonyl (C=O) groups excluding carboxylic acids is 1. The highest BCUT2D eigenvalue weighted by Crippen LogP contribution is 2.18. The molecule has 0 aromatic carbocycles. The molecule has 0 radical (unpaired) electrons. The fourth-order valence-corrected chi connectivity index (χ4v) is 1.88. The summed E-state index contributed by atoms with van der Waals surface area (Å²) >= 11 is 0. The van der Waals surface area contributed by atoms with Crippen LogP contribution in [0.15, 0.2) is 12.3 Å². The molecule has 0 aliphatic carbocycles. The number of aryl methyl sites for hydroxylation is 1. The average Bonchev–Trinajstić information content (AvgIpc) is 2.22. The average molecular weight is 206 g/mol. The molecule has 4 heteroatoms. The van der Waals surface area contributed by atoms with Crippen molar-refractivity contribution in [2.45, 2.75) is 13.3 Å². The lowest BCUT2D eigenvalue weighted by atomic mass is 10.0. The van der Waals surface area contributed by atoms with E-state index in [-0.39, 0.29) is 12.5 Å². The molecule has 0 unspecified atom stereocenters. The van der Waals surface area contributed by atoms with Gasteiger partial charge in [-0.3, -0.25) is 9.78 Å². The van der Waals surface area contributed by atoms with E-state index >= 15 is 0 Å². The van der Waals surface area contributed by atoms with Crippen LogP contribution in [0.3, 0.4) is 0 Å². The van der Waals surface area contributed by atoms with Gasteiger partial charge in [0, 0.05) is 25.0 Å². The number of fused-ring (bicyclic) bond motifs is 1. The lowest BCUT2D eigenvalue weighted by Crippen LogP contribution is -2.39. The Labute approximate surface area is 88.6 Å².